The van der Waals surface area contributed by atoms with Gasteiger partial charge in [-0.3, -0.25) is 4.79 Å². The Morgan fingerprint density at radius 1 is 1.17 bits per heavy atom. The van der Waals surface area contributed by atoms with Crippen molar-refractivity contribution in [3.8, 4) is 11.4 Å². The molecule has 0 fully saturated rings. The van der Waals surface area contributed by atoms with Crippen molar-refractivity contribution in [2.45, 2.75) is 19.5 Å². The molecule has 2 heterocycles. The molecule has 2 aromatic heterocycles. The fourth-order valence-corrected chi connectivity index (χ4v) is 2.71. The van der Waals surface area contributed by atoms with Gasteiger partial charge in [-0.2, -0.15) is 0 Å². The Kier molecular flexibility index (Phi) is 4.46. The molecule has 0 aliphatic heterocycles. The SMILES string of the molecule is C[C@H](C(=O)N(C)Cc1nccn1C)n1ccnc1-c1ccccc1. The normalized spacial score (nSPS) is 12.1. The van der Waals surface area contributed by atoms with Crippen LogP contribution < -0.4 is 0 Å². The monoisotopic (exact) mass is 323 g/mol. The van der Waals surface area contributed by atoms with E-state index in [4.69, 9.17) is 0 Å². The second-order valence-corrected chi connectivity index (χ2v) is 5.85. The van der Waals surface area contributed by atoms with E-state index < -0.39 is 0 Å². The molecule has 3 rings (SSSR count). The number of hydrogen-bond donors (Lipinski definition) is 0. The molecule has 1 atom stereocenters. The quantitative estimate of drug-likeness (QED) is 0.725. The average Bonchev–Trinajstić information content (AvgIpc) is 3.24. The van der Waals surface area contributed by atoms with Crippen molar-refractivity contribution in [2.75, 3.05) is 7.05 Å². The second kappa shape index (κ2) is 6.70. The average molecular weight is 323 g/mol. The first-order valence-corrected chi connectivity index (χ1v) is 7.87. The summed E-state index contributed by atoms with van der Waals surface area (Å²) in [6.07, 6.45) is 7.19. The van der Waals surface area contributed by atoms with Crippen LogP contribution in [0.3, 0.4) is 0 Å². The smallest absolute Gasteiger partial charge is 0.245 e. The number of likely N-dealkylation sites (N-methyl/N-ethyl adjacent to an activating group) is 1. The molecule has 0 bridgehead atoms. The minimum absolute atomic E-state index is 0.0215. The van der Waals surface area contributed by atoms with Gasteiger partial charge >= 0.3 is 0 Å². The number of imidazole rings is 2. The first kappa shape index (κ1) is 16.0. The summed E-state index contributed by atoms with van der Waals surface area (Å²) in [5.41, 5.74) is 0.994. The van der Waals surface area contributed by atoms with E-state index in [1.807, 2.05) is 65.8 Å². The lowest BCUT2D eigenvalue weighted by molar-refractivity contribution is -0.133. The number of nitrogens with zero attached hydrogens (tertiary/aromatic N) is 5. The molecule has 0 aliphatic carbocycles. The first-order chi connectivity index (χ1) is 11.6. The summed E-state index contributed by atoms with van der Waals surface area (Å²) < 4.78 is 3.83. The maximum atomic E-state index is 12.8. The van der Waals surface area contributed by atoms with Gasteiger partial charge in [-0.15, -0.1) is 0 Å². The topological polar surface area (TPSA) is 56.0 Å². The van der Waals surface area contributed by atoms with Crippen molar-refractivity contribution >= 4 is 5.91 Å². The molecule has 0 radical (unpaired) electrons. The van der Waals surface area contributed by atoms with Gasteiger partial charge in [0, 0.05) is 44.4 Å². The Labute approximate surface area is 141 Å². The van der Waals surface area contributed by atoms with Crippen molar-refractivity contribution in [1.82, 2.24) is 24.0 Å². The number of rotatable bonds is 5. The van der Waals surface area contributed by atoms with Crippen LogP contribution in [0.25, 0.3) is 11.4 Å². The molecule has 1 aromatic carbocycles. The number of benzene rings is 1. The lowest BCUT2D eigenvalue weighted by Gasteiger charge is -2.23. The molecular formula is C18H21N5O. The summed E-state index contributed by atoms with van der Waals surface area (Å²) in [5.74, 6) is 1.67. The van der Waals surface area contributed by atoms with Crippen LogP contribution in [0.2, 0.25) is 0 Å². The van der Waals surface area contributed by atoms with Crippen LogP contribution in [-0.4, -0.2) is 37.0 Å². The predicted octanol–water partition coefficient (Wildman–Crippen LogP) is 2.50. The molecule has 0 saturated carbocycles. The van der Waals surface area contributed by atoms with Crippen molar-refractivity contribution < 1.29 is 4.79 Å². The summed E-state index contributed by atoms with van der Waals surface area (Å²) in [6.45, 7) is 2.37. The van der Waals surface area contributed by atoms with Crippen molar-refractivity contribution in [1.29, 1.82) is 0 Å². The van der Waals surface area contributed by atoms with Gasteiger partial charge in [0.05, 0.1) is 6.54 Å². The predicted molar refractivity (Wildman–Crippen MR) is 92.1 cm³/mol. The zero-order valence-electron chi connectivity index (χ0n) is 14.1. The Morgan fingerprint density at radius 3 is 2.54 bits per heavy atom. The third kappa shape index (κ3) is 3.08. The van der Waals surface area contributed by atoms with Crippen LogP contribution in [0.15, 0.2) is 55.1 Å². The van der Waals surface area contributed by atoms with Crippen molar-refractivity contribution in [2.24, 2.45) is 7.05 Å². The van der Waals surface area contributed by atoms with Crippen LogP contribution in [0.4, 0.5) is 0 Å². The second-order valence-electron chi connectivity index (χ2n) is 5.85. The third-order valence-electron chi connectivity index (χ3n) is 4.15. The van der Waals surface area contributed by atoms with E-state index in [0.717, 1.165) is 17.2 Å². The van der Waals surface area contributed by atoms with E-state index in [0.29, 0.717) is 6.54 Å². The van der Waals surface area contributed by atoms with E-state index in [1.54, 1.807) is 24.3 Å². The molecule has 6 nitrogen and oxygen atoms in total. The standard InChI is InChI=1S/C18H21N5O/c1-14(18(24)22(3)13-16-19-9-11-21(16)2)23-12-10-20-17(23)15-7-5-4-6-8-15/h4-12,14H,13H2,1-3H3/t14-/m1/s1. The van der Waals surface area contributed by atoms with Gasteiger partial charge < -0.3 is 14.0 Å². The van der Waals surface area contributed by atoms with Gasteiger partial charge in [0.25, 0.3) is 0 Å². The van der Waals surface area contributed by atoms with Gasteiger partial charge in [-0.05, 0) is 6.92 Å². The van der Waals surface area contributed by atoms with Crippen molar-refractivity contribution in [3.63, 3.8) is 0 Å². The molecule has 124 valence electrons. The molecule has 1 amide bonds. The van der Waals surface area contributed by atoms with Crippen LogP contribution in [0, 0.1) is 0 Å². The van der Waals surface area contributed by atoms with Gasteiger partial charge in [-0.1, -0.05) is 30.3 Å². The zero-order chi connectivity index (χ0) is 17.1. The van der Waals surface area contributed by atoms with E-state index in [-0.39, 0.29) is 11.9 Å². The number of carbonyl (C=O) groups is 1. The molecular weight excluding hydrogens is 302 g/mol. The Hall–Kier alpha value is -2.89. The molecule has 0 saturated heterocycles. The van der Waals surface area contributed by atoms with Crippen LogP contribution in [0.1, 0.15) is 18.8 Å². The molecule has 0 aliphatic rings. The fourth-order valence-electron chi connectivity index (χ4n) is 2.71. The number of hydrogen-bond acceptors (Lipinski definition) is 3. The number of amides is 1. The molecule has 3 aromatic rings. The summed E-state index contributed by atoms with van der Waals surface area (Å²) in [6, 6.07) is 9.54. The number of aromatic nitrogens is 4. The highest BCUT2D eigenvalue weighted by molar-refractivity contribution is 5.80. The molecule has 0 unspecified atom stereocenters. The zero-order valence-corrected chi connectivity index (χ0v) is 14.1. The lowest BCUT2D eigenvalue weighted by Crippen LogP contribution is -2.33. The van der Waals surface area contributed by atoms with E-state index >= 15 is 0 Å². The highest BCUT2D eigenvalue weighted by Gasteiger charge is 2.22. The number of aryl methyl sites for hydroxylation is 1. The third-order valence-corrected chi connectivity index (χ3v) is 4.15. The van der Waals surface area contributed by atoms with Crippen LogP contribution in [-0.2, 0) is 18.4 Å². The Morgan fingerprint density at radius 2 is 1.88 bits per heavy atom. The maximum Gasteiger partial charge on any atom is 0.245 e. The lowest BCUT2D eigenvalue weighted by atomic mass is 10.2. The van der Waals surface area contributed by atoms with E-state index in [2.05, 4.69) is 9.97 Å². The Balaban J connectivity index is 1.79. The van der Waals surface area contributed by atoms with Crippen molar-refractivity contribution in [3.05, 3.63) is 60.9 Å². The highest BCUT2D eigenvalue weighted by Crippen LogP contribution is 2.22. The van der Waals surface area contributed by atoms with Gasteiger partial charge in [-0.25, -0.2) is 9.97 Å². The summed E-state index contributed by atoms with van der Waals surface area (Å²) in [4.78, 5) is 23.2. The summed E-state index contributed by atoms with van der Waals surface area (Å²) >= 11 is 0. The largest absolute Gasteiger partial charge is 0.337 e. The van der Waals surface area contributed by atoms with Crippen LogP contribution in [0.5, 0.6) is 0 Å². The number of carbonyl (C=O) groups excluding carboxylic acids is 1. The summed E-state index contributed by atoms with van der Waals surface area (Å²) in [7, 11) is 3.72. The minimum Gasteiger partial charge on any atom is -0.337 e. The van der Waals surface area contributed by atoms with Gasteiger partial charge in [0.2, 0.25) is 5.91 Å². The minimum atomic E-state index is -0.340. The highest BCUT2D eigenvalue weighted by atomic mass is 16.2. The van der Waals surface area contributed by atoms with E-state index in [9.17, 15) is 4.79 Å². The fraction of sp³-hybridized carbons (Fsp3) is 0.278. The molecule has 6 heteroatoms. The van der Waals surface area contributed by atoms with Crippen LogP contribution >= 0.6 is 0 Å². The first-order valence-electron chi connectivity index (χ1n) is 7.87. The van der Waals surface area contributed by atoms with E-state index in [1.165, 1.54) is 0 Å². The summed E-state index contributed by atoms with van der Waals surface area (Å²) in [5, 5.41) is 0. The molecule has 0 N–H and O–H groups in total. The van der Waals surface area contributed by atoms with Gasteiger partial charge in [0.15, 0.2) is 0 Å². The molecule has 0 spiro atoms. The molecule has 24 heavy (non-hydrogen) atoms. The van der Waals surface area contributed by atoms with Gasteiger partial charge in [0.1, 0.15) is 17.7 Å². The Bertz CT molecular complexity index is 821. The maximum absolute atomic E-state index is 12.8.